The molecule has 3 aromatic rings. The third kappa shape index (κ3) is 4.89. The zero-order chi connectivity index (χ0) is 23.4. The van der Waals surface area contributed by atoms with Crippen LogP contribution in [0, 0.1) is 12.7 Å². The Morgan fingerprint density at radius 2 is 1.97 bits per heavy atom. The van der Waals surface area contributed by atoms with Crippen molar-refractivity contribution in [2.45, 2.75) is 32.2 Å². The van der Waals surface area contributed by atoms with Gasteiger partial charge in [0.1, 0.15) is 28.6 Å². The fourth-order valence-electron chi connectivity index (χ4n) is 4.42. The first-order chi connectivity index (χ1) is 16.0. The van der Waals surface area contributed by atoms with Crippen molar-refractivity contribution < 1.29 is 18.4 Å². The molecular formula is C25H27ClFN3O3. The van der Waals surface area contributed by atoms with Crippen LogP contribution in [0.3, 0.4) is 0 Å². The molecule has 1 aliphatic rings. The van der Waals surface area contributed by atoms with Gasteiger partial charge in [0.25, 0.3) is 5.91 Å². The summed E-state index contributed by atoms with van der Waals surface area (Å²) < 4.78 is 25.4. The quantitative estimate of drug-likeness (QED) is 0.499. The highest BCUT2D eigenvalue weighted by molar-refractivity contribution is 6.33. The summed E-state index contributed by atoms with van der Waals surface area (Å²) in [5, 5.41) is 7.13. The number of nitrogens with zero attached hydrogens (tertiary/aromatic N) is 2. The lowest BCUT2D eigenvalue weighted by molar-refractivity contribution is 0.0922. The van der Waals surface area contributed by atoms with Gasteiger partial charge in [0.15, 0.2) is 0 Å². The second-order valence-corrected chi connectivity index (χ2v) is 8.53. The van der Waals surface area contributed by atoms with Gasteiger partial charge in [0.05, 0.1) is 23.7 Å². The van der Waals surface area contributed by atoms with Gasteiger partial charge in [-0.1, -0.05) is 47.4 Å². The highest BCUT2D eigenvalue weighted by Crippen LogP contribution is 2.34. The van der Waals surface area contributed by atoms with Crippen molar-refractivity contribution in [1.29, 1.82) is 0 Å². The number of rotatable bonds is 7. The summed E-state index contributed by atoms with van der Waals surface area (Å²) in [6.07, 6.45) is 3.43. The number of aryl methyl sites for hydroxylation is 1. The molecule has 0 aliphatic carbocycles. The Hall–Kier alpha value is -2.90. The Balaban J connectivity index is 1.62. The number of likely N-dealkylation sites (tertiary alicyclic amines) is 1. The SMILES string of the molecule is COc1ccccc1C(CNC(=O)c1c(-c2c(F)cccc2Cl)noc1C)N1CCCCC1. The molecule has 1 aliphatic heterocycles. The fraction of sp³-hybridized carbons (Fsp3) is 0.360. The maximum absolute atomic E-state index is 14.5. The number of ether oxygens (including phenoxy) is 1. The zero-order valence-electron chi connectivity index (χ0n) is 18.7. The van der Waals surface area contributed by atoms with E-state index in [2.05, 4.69) is 15.4 Å². The van der Waals surface area contributed by atoms with E-state index < -0.39 is 5.82 Å². The molecule has 1 aromatic heterocycles. The van der Waals surface area contributed by atoms with Gasteiger partial charge in [0.2, 0.25) is 0 Å². The van der Waals surface area contributed by atoms with Crippen LogP contribution in [0.5, 0.6) is 5.75 Å². The lowest BCUT2D eigenvalue weighted by Gasteiger charge is -2.35. The molecule has 0 spiro atoms. The molecule has 0 radical (unpaired) electrons. The maximum atomic E-state index is 14.5. The van der Waals surface area contributed by atoms with E-state index in [9.17, 15) is 9.18 Å². The number of nitrogens with one attached hydrogen (secondary N) is 1. The van der Waals surface area contributed by atoms with Crippen molar-refractivity contribution in [1.82, 2.24) is 15.4 Å². The van der Waals surface area contributed by atoms with Crippen molar-refractivity contribution in [2.24, 2.45) is 0 Å². The van der Waals surface area contributed by atoms with Crippen LogP contribution < -0.4 is 10.1 Å². The molecule has 0 saturated carbocycles. The minimum atomic E-state index is -0.565. The number of hydrogen-bond donors (Lipinski definition) is 1. The number of para-hydroxylation sites is 1. The third-order valence-corrected chi connectivity index (χ3v) is 6.39. The van der Waals surface area contributed by atoms with Crippen molar-refractivity contribution >= 4 is 17.5 Å². The molecule has 1 N–H and O–H groups in total. The van der Waals surface area contributed by atoms with E-state index in [0.29, 0.717) is 12.3 Å². The standard InChI is InChI=1S/C25H27ClFN3O3/c1-16-22(24(29-33-16)23-18(26)10-8-11-19(23)27)25(31)28-15-20(30-13-6-3-7-14-30)17-9-4-5-12-21(17)32-2/h4-5,8-12,20H,3,6-7,13-15H2,1-2H3,(H,28,31). The van der Waals surface area contributed by atoms with Crippen LogP contribution in [0.4, 0.5) is 4.39 Å². The van der Waals surface area contributed by atoms with Gasteiger partial charge in [-0.05, 0) is 51.1 Å². The lowest BCUT2D eigenvalue weighted by atomic mass is 10.00. The van der Waals surface area contributed by atoms with Gasteiger partial charge in [-0.25, -0.2) is 4.39 Å². The Labute approximate surface area is 197 Å². The molecule has 2 aromatic carbocycles. The minimum absolute atomic E-state index is 0.0541. The highest BCUT2D eigenvalue weighted by atomic mass is 35.5. The molecule has 0 bridgehead atoms. The van der Waals surface area contributed by atoms with Crippen molar-refractivity contribution in [3.63, 3.8) is 0 Å². The van der Waals surface area contributed by atoms with Gasteiger partial charge in [-0.2, -0.15) is 0 Å². The first kappa shape index (κ1) is 23.3. The monoisotopic (exact) mass is 471 g/mol. The normalized spacial score (nSPS) is 15.3. The molecule has 4 rings (SSSR count). The molecule has 6 nitrogen and oxygen atoms in total. The number of carbonyl (C=O) groups excluding carboxylic acids is 1. The first-order valence-electron chi connectivity index (χ1n) is 11.1. The Morgan fingerprint density at radius 3 is 2.70 bits per heavy atom. The van der Waals surface area contributed by atoms with Crippen LogP contribution >= 0.6 is 11.6 Å². The molecule has 1 saturated heterocycles. The van der Waals surface area contributed by atoms with Gasteiger partial charge < -0.3 is 14.6 Å². The molecule has 8 heteroatoms. The summed E-state index contributed by atoms with van der Waals surface area (Å²) in [4.78, 5) is 15.7. The topological polar surface area (TPSA) is 67.6 Å². The molecule has 1 unspecified atom stereocenters. The number of piperidine rings is 1. The number of halogens is 2. The van der Waals surface area contributed by atoms with Crippen LogP contribution in [0.1, 0.15) is 47.0 Å². The number of hydrogen-bond acceptors (Lipinski definition) is 5. The van der Waals surface area contributed by atoms with Crippen LogP contribution in [0.15, 0.2) is 47.0 Å². The molecule has 33 heavy (non-hydrogen) atoms. The molecular weight excluding hydrogens is 445 g/mol. The zero-order valence-corrected chi connectivity index (χ0v) is 19.5. The number of carbonyl (C=O) groups is 1. The van der Waals surface area contributed by atoms with E-state index in [4.69, 9.17) is 20.9 Å². The van der Waals surface area contributed by atoms with E-state index in [1.54, 1.807) is 20.1 Å². The summed E-state index contributed by atoms with van der Waals surface area (Å²) in [7, 11) is 1.65. The van der Waals surface area contributed by atoms with Crippen molar-refractivity contribution in [3.05, 3.63) is 70.2 Å². The average Bonchev–Trinajstić information content (AvgIpc) is 3.21. The third-order valence-electron chi connectivity index (χ3n) is 6.07. The number of benzene rings is 2. The molecule has 1 amide bonds. The van der Waals surface area contributed by atoms with Crippen molar-refractivity contribution in [2.75, 3.05) is 26.7 Å². The number of methoxy groups -OCH3 is 1. The number of amides is 1. The highest BCUT2D eigenvalue weighted by Gasteiger charge is 2.29. The van der Waals surface area contributed by atoms with E-state index >= 15 is 0 Å². The molecule has 174 valence electrons. The molecule has 1 fully saturated rings. The van der Waals surface area contributed by atoms with Crippen molar-refractivity contribution in [3.8, 4) is 17.0 Å². The Bertz CT molecular complexity index is 1110. The van der Waals surface area contributed by atoms with Gasteiger partial charge >= 0.3 is 0 Å². The average molecular weight is 472 g/mol. The second kappa shape index (κ2) is 10.4. The second-order valence-electron chi connectivity index (χ2n) is 8.12. The van der Waals surface area contributed by atoms with Crippen LogP contribution in [0.25, 0.3) is 11.3 Å². The smallest absolute Gasteiger partial charge is 0.257 e. The van der Waals surface area contributed by atoms with E-state index in [1.807, 2.05) is 24.3 Å². The molecule has 2 heterocycles. The number of aromatic nitrogens is 1. The largest absolute Gasteiger partial charge is 0.496 e. The maximum Gasteiger partial charge on any atom is 0.257 e. The summed E-state index contributed by atoms with van der Waals surface area (Å²) in [6.45, 7) is 3.87. The van der Waals surface area contributed by atoms with E-state index in [0.717, 1.165) is 37.2 Å². The van der Waals surface area contributed by atoms with E-state index in [-0.39, 0.29) is 33.8 Å². The minimum Gasteiger partial charge on any atom is -0.496 e. The summed E-state index contributed by atoms with van der Waals surface area (Å²) in [5.74, 6) is 0.126. The van der Waals surface area contributed by atoms with Crippen LogP contribution in [-0.4, -0.2) is 42.7 Å². The fourth-order valence-corrected chi connectivity index (χ4v) is 4.67. The Morgan fingerprint density at radius 1 is 1.21 bits per heavy atom. The first-order valence-corrected chi connectivity index (χ1v) is 11.4. The summed E-state index contributed by atoms with van der Waals surface area (Å²) >= 11 is 6.22. The van der Waals surface area contributed by atoms with Gasteiger partial charge in [0, 0.05) is 12.1 Å². The lowest BCUT2D eigenvalue weighted by Crippen LogP contribution is -2.41. The predicted octanol–water partition coefficient (Wildman–Crippen LogP) is 5.41. The predicted molar refractivity (Wildman–Crippen MR) is 125 cm³/mol. The van der Waals surface area contributed by atoms with Crippen LogP contribution in [0.2, 0.25) is 5.02 Å². The summed E-state index contributed by atoms with van der Waals surface area (Å²) in [6, 6.07) is 12.1. The van der Waals surface area contributed by atoms with Gasteiger partial charge in [-0.15, -0.1) is 0 Å². The summed E-state index contributed by atoms with van der Waals surface area (Å²) in [5.41, 5.74) is 1.35. The van der Waals surface area contributed by atoms with E-state index in [1.165, 1.54) is 18.6 Å². The van der Waals surface area contributed by atoms with Crippen LogP contribution in [-0.2, 0) is 0 Å². The Kier molecular flexibility index (Phi) is 7.30. The molecule has 1 atom stereocenters. The van der Waals surface area contributed by atoms with Gasteiger partial charge in [-0.3, -0.25) is 9.69 Å².